The minimum atomic E-state index is -4.37. The number of hydrogen-bond donors (Lipinski definition) is 3. The van der Waals surface area contributed by atoms with Crippen molar-refractivity contribution in [3.05, 3.63) is 93.5 Å². The predicted molar refractivity (Wildman–Crippen MR) is 140 cm³/mol. The summed E-state index contributed by atoms with van der Waals surface area (Å²) in [6.07, 6.45) is 1.57. The Balaban J connectivity index is 1.59. The van der Waals surface area contributed by atoms with Crippen LogP contribution >= 0.6 is 11.3 Å². The SMILES string of the molecule is CCc1csc([C@H](Cc2ccc(NS(=O)(=O)O)cc2)NC(=O)C(Cc2ccccc2)c2nc(C)no2)n1. The fourth-order valence-corrected chi connectivity index (χ4v) is 5.19. The van der Waals surface area contributed by atoms with Crippen molar-refractivity contribution >= 4 is 33.2 Å². The second-order valence-electron chi connectivity index (χ2n) is 8.49. The number of carbonyl (C=O) groups excluding carboxylic acids is 1. The maximum absolute atomic E-state index is 13.7. The number of aromatic nitrogens is 3. The standard InChI is InChI=1S/C25H27N5O5S2/c1-3-19-15-36-25(27-19)22(14-18-9-11-20(12-10-18)30-37(32,33)34)28-23(31)21(24-26-16(2)29-35-24)13-17-7-5-4-6-8-17/h4-12,15,21-22,30H,3,13-14H2,1-2H3,(H,28,31)(H,32,33,34)/t21?,22-/m0/s1. The van der Waals surface area contributed by atoms with E-state index in [2.05, 4.69) is 15.5 Å². The zero-order valence-corrected chi connectivity index (χ0v) is 21.9. The van der Waals surface area contributed by atoms with E-state index >= 15 is 0 Å². The monoisotopic (exact) mass is 541 g/mol. The molecule has 0 fully saturated rings. The van der Waals surface area contributed by atoms with E-state index in [0.29, 0.717) is 18.7 Å². The molecule has 3 N–H and O–H groups in total. The molecule has 194 valence electrons. The summed E-state index contributed by atoms with van der Waals surface area (Å²) in [7, 11) is -4.37. The fraction of sp³-hybridized carbons (Fsp3) is 0.280. The molecule has 0 saturated heterocycles. The molecule has 4 rings (SSSR count). The Hall–Kier alpha value is -3.61. The van der Waals surface area contributed by atoms with E-state index in [1.165, 1.54) is 11.3 Å². The van der Waals surface area contributed by atoms with Crippen molar-refractivity contribution in [2.45, 2.75) is 45.1 Å². The Morgan fingerprint density at radius 3 is 2.35 bits per heavy atom. The van der Waals surface area contributed by atoms with Gasteiger partial charge in [-0.25, -0.2) is 4.98 Å². The summed E-state index contributed by atoms with van der Waals surface area (Å²) in [4.78, 5) is 22.7. The van der Waals surface area contributed by atoms with Gasteiger partial charge in [0, 0.05) is 5.38 Å². The summed E-state index contributed by atoms with van der Waals surface area (Å²) in [5.41, 5.74) is 2.96. The highest BCUT2D eigenvalue weighted by molar-refractivity contribution is 7.87. The lowest BCUT2D eigenvalue weighted by molar-refractivity contribution is -0.123. The maximum atomic E-state index is 13.7. The van der Waals surface area contributed by atoms with Crippen LogP contribution in [0, 0.1) is 6.92 Å². The lowest BCUT2D eigenvalue weighted by Crippen LogP contribution is -2.35. The van der Waals surface area contributed by atoms with Gasteiger partial charge in [-0.3, -0.25) is 14.1 Å². The molecule has 2 atom stereocenters. The van der Waals surface area contributed by atoms with E-state index in [9.17, 15) is 13.2 Å². The number of amides is 1. The van der Waals surface area contributed by atoms with Gasteiger partial charge in [-0.1, -0.05) is 54.5 Å². The first-order chi connectivity index (χ1) is 17.7. The van der Waals surface area contributed by atoms with Crippen molar-refractivity contribution in [3.8, 4) is 0 Å². The van der Waals surface area contributed by atoms with E-state index in [-0.39, 0.29) is 17.5 Å². The number of aryl methyl sites for hydroxylation is 2. The quantitative estimate of drug-likeness (QED) is 0.241. The van der Waals surface area contributed by atoms with Gasteiger partial charge < -0.3 is 9.84 Å². The van der Waals surface area contributed by atoms with Gasteiger partial charge in [-0.05, 0) is 49.4 Å². The summed E-state index contributed by atoms with van der Waals surface area (Å²) >= 11 is 1.47. The molecule has 2 aromatic carbocycles. The van der Waals surface area contributed by atoms with Crippen molar-refractivity contribution in [2.75, 3.05) is 4.72 Å². The molecule has 0 saturated carbocycles. The van der Waals surface area contributed by atoms with Crippen LogP contribution in [0.4, 0.5) is 5.69 Å². The van der Waals surface area contributed by atoms with Crippen LogP contribution in [0.15, 0.2) is 64.5 Å². The molecule has 0 aliphatic carbocycles. The smallest absolute Gasteiger partial charge is 0.346 e. The maximum Gasteiger partial charge on any atom is 0.357 e. The topological polar surface area (TPSA) is 147 Å². The molecule has 1 unspecified atom stereocenters. The summed E-state index contributed by atoms with van der Waals surface area (Å²) in [5, 5.41) is 9.73. The van der Waals surface area contributed by atoms with E-state index in [1.54, 1.807) is 31.2 Å². The Labute approximate surface area is 219 Å². The molecule has 1 amide bonds. The molecular formula is C25H27N5O5S2. The summed E-state index contributed by atoms with van der Waals surface area (Å²) in [6, 6.07) is 15.7. The number of nitrogens with one attached hydrogen (secondary N) is 2. The van der Waals surface area contributed by atoms with Gasteiger partial charge in [-0.15, -0.1) is 11.3 Å². The third-order valence-corrected chi connectivity index (χ3v) is 7.13. The molecule has 10 nitrogen and oxygen atoms in total. The van der Waals surface area contributed by atoms with Crippen LogP contribution in [0.5, 0.6) is 0 Å². The van der Waals surface area contributed by atoms with Crippen LogP contribution in [0.2, 0.25) is 0 Å². The number of rotatable bonds is 11. The van der Waals surface area contributed by atoms with Crippen molar-refractivity contribution in [3.63, 3.8) is 0 Å². The van der Waals surface area contributed by atoms with Crippen LogP contribution in [0.3, 0.4) is 0 Å². The van der Waals surface area contributed by atoms with E-state index in [4.69, 9.17) is 14.1 Å². The largest absolute Gasteiger partial charge is 0.357 e. The van der Waals surface area contributed by atoms with Gasteiger partial charge in [0.15, 0.2) is 5.82 Å². The first kappa shape index (κ1) is 26.5. The Bertz CT molecular complexity index is 1440. The summed E-state index contributed by atoms with van der Waals surface area (Å²) in [6.45, 7) is 3.72. The van der Waals surface area contributed by atoms with Gasteiger partial charge in [0.25, 0.3) is 0 Å². The average Bonchev–Trinajstić information content (AvgIpc) is 3.52. The number of anilines is 1. The van der Waals surface area contributed by atoms with Crippen LogP contribution in [0.25, 0.3) is 0 Å². The van der Waals surface area contributed by atoms with Gasteiger partial charge in [0.2, 0.25) is 11.8 Å². The molecular weight excluding hydrogens is 514 g/mol. The van der Waals surface area contributed by atoms with E-state index in [0.717, 1.165) is 28.2 Å². The van der Waals surface area contributed by atoms with Gasteiger partial charge in [0.1, 0.15) is 10.9 Å². The minimum absolute atomic E-state index is 0.226. The zero-order chi connectivity index (χ0) is 26.4. The number of benzene rings is 2. The Morgan fingerprint density at radius 2 is 1.76 bits per heavy atom. The minimum Gasteiger partial charge on any atom is -0.346 e. The van der Waals surface area contributed by atoms with E-state index in [1.807, 2.05) is 47.4 Å². The Morgan fingerprint density at radius 1 is 1.05 bits per heavy atom. The third-order valence-electron chi connectivity index (χ3n) is 5.63. The van der Waals surface area contributed by atoms with Crippen molar-refractivity contribution in [1.82, 2.24) is 20.4 Å². The first-order valence-corrected chi connectivity index (χ1v) is 13.9. The molecule has 0 aliphatic heterocycles. The van der Waals surface area contributed by atoms with Crippen molar-refractivity contribution in [2.24, 2.45) is 0 Å². The molecule has 0 spiro atoms. The molecule has 4 aromatic rings. The second kappa shape index (κ2) is 11.6. The van der Waals surface area contributed by atoms with Crippen LogP contribution in [-0.2, 0) is 34.4 Å². The zero-order valence-electron chi connectivity index (χ0n) is 20.3. The van der Waals surface area contributed by atoms with Crippen molar-refractivity contribution < 1.29 is 22.3 Å². The number of nitrogens with zero attached hydrogens (tertiary/aromatic N) is 3. The van der Waals surface area contributed by atoms with Gasteiger partial charge >= 0.3 is 10.3 Å². The lowest BCUT2D eigenvalue weighted by atomic mass is 9.97. The van der Waals surface area contributed by atoms with Crippen LogP contribution in [0.1, 0.15) is 52.4 Å². The number of carbonyl (C=O) groups is 1. The normalized spacial score (nSPS) is 13.2. The Kier molecular flexibility index (Phi) is 8.31. The number of hydrogen-bond acceptors (Lipinski definition) is 8. The fourth-order valence-electron chi connectivity index (χ4n) is 3.81. The van der Waals surface area contributed by atoms with Crippen LogP contribution < -0.4 is 10.0 Å². The first-order valence-electron chi connectivity index (χ1n) is 11.6. The highest BCUT2D eigenvalue weighted by Crippen LogP contribution is 2.27. The molecule has 2 aromatic heterocycles. The lowest BCUT2D eigenvalue weighted by Gasteiger charge is -2.20. The van der Waals surface area contributed by atoms with Crippen molar-refractivity contribution in [1.29, 1.82) is 0 Å². The predicted octanol–water partition coefficient (Wildman–Crippen LogP) is 4.04. The molecule has 0 radical (unpaired) electrons. The molecule has 37 heavy (non-hydrogen) atoms. The molecule has 0 bridgehead atoms. The second-order valence-corrected chi connectivity index (χ2v) is 10.5. The average molecular weight is 542 g/mol. The highest BCUT2D eigenvalue weighted by atomic mass is 32.2. The number of thiazole rings is 1. The third kappa shape index (κ3) is 7.44. The molecule has 2 heterocycles. The summed E-state index contributed by atoms with van der Waals surface area (Å²) < 4.78 is 38.6. The van der Waals surface area contributed by atoms with Gasteiger partial charge in [0.05, 0.1) is 17.4 Å². The van der Waals surface area contributed by atoms with Crippen LogP contribution in [-0.4, -0.2) is 34.0 Å². The summed E-state index contributed by atoms with van der Waals surface area (Å²) in [5.74, 6) is -0.274. The van der Waals surface area contributed by atoms with Gasteiger partial charge in [-0.2, -0.15) is 13.4 Å². The van der Waals surface area contributed by atoms with E-state index < -0.39 is 22.3 Å². The molecule has 0 aliphatic rings. The molecule has 12 heteroatoms. The highest BCUT2D eigenvalue weighted by Gasteiger charge is 2.30.